The lowest BCUT2D eigenvalue weighted by Gasteiger charge is -2.30. The lowest BCUT2D eigenvalue weighted by atomic mass is 9.99. The number of aromatic nitrogens is 1. The van der Waals surface area contributed by atoms with Crippen LogP contribution in [0.4, 0.5) is 11.5 Å². The first-order chi connectivity index (χ1) is 6.83. The van der Waals surface area contributed by atoms with Crippen LogP contribution in [-0.4, -0.2) is 21.7 Å². The van der Waals surface area contributed by atoms with E-state index in [0.717, 1.165) is 4.47 Å². The number of aliphatic hydroxyl groups excluding tert-OH is 1. The molecule has 1 rings (SSSR count). The highest BCUT2D eigenvalue weighted by Crippen LogP contribution is 2.24. The molecular formula is C10H16BrN3O. The van der Waals surface area contributed by atoms with Crippen LogP contribution in [0.25, 0.3) is 0 Å². The van der Waals surface area contributed by atoms with Gasteiger partial charge in [-0.15, -0.1) is 0 Å². The highest BCUT2D eigenvalue weighted by Gasteiger charge is 2.24. The van der Waals surface area contributed by atoms with Crippen molar-refractivity contribution < 1.29 is 5.11 Å². The van der Waals surface area contributed by atoms with E-state index in [4.69, 9.17) is 5.73 Å². The van der Waals surface area contributed by atoms with Crippen molar-refractivity contribution in [2.24, 2.45) is 0 Å². The fourth-order valence-corrected chi connectivity index (χ4v) is 1.32. The molecule has 1 heterocycles. The fraction of sp³-hybridized carbons (Fsp3) is 0.500. The van der Waals surface area contributed by atoms with Gasteiger partial charge in [-0.05, 0) is 42.8 Å². The van der Waals surface area contributed by atoms with Crippen molar-refractivity contribution in [2.75, 3.05) is 11.1 Å². The molecule has 15 heavy (non-hydrogen) atoms. The van der Waals surface area contributed by atoms with Gasteiger partial charge in [0.25, 0.3) is 0 Å². The van der Waals surface area contributed by atoms with Crippen molar-refractivity contribution >= 4 is 27.4 Å². The standard InChI is InChI=1S/C10H16BrN3O/c1-6(15)10(2,3)14-9-8(12)4-7(11)5-13-9/h4-6,15H,12H2,1-3H3,(H,13,14). The summed E-state index contributed by atoms with van der Waals surface area (Å²) in [5, 5.41) is 12.7. The Bertz CT molecular complexity index is 353. The second-order valence-corrected chi connectivity index (χ2v) is 5.03. The summed E-state index contributed by atoms with van der Waals surface area (Å²) in [6, 6.07) is 1.77. The Balaban J connectivity index is 2.90. The van der Waals surface area contributed by atoms with Gasteiger partial charge in [0, 0.05) is 10.7 Å². The van der Waals surface area contributed by atoms with Crippen molar-refractivity contribution in [3.8, 4) is 0 Å². The Hall–Kier alpha value is -0.810. The maximum Gasteiger partial charge on any atom is 0.149 e. The summed E-state index contributed by atoms with van der Waals surface area (Å²) >= 11 is 3.29. The van der Waals surface area contributed by atoms with Crippen LogP contribution in [0.5, 0.6) is 0 Å². The number of anilines is 2. The number of nitrogens with one attached hydrogen (secondary N) is 1. The lowest BCUT2D eigenvalue weighted by Crippen LogP contribution is -2.42. The minimum atomic E-state index is -0.498. The summed E-state index contributed by atoms with van der Waals surface area (Å²) in [5.74, 6) is 0.587. The first kappa shape index (κ1) is 12.3. The second kappa shape index (κ2) is 4.37. The molecule has 0 aromatic carbocycles. The Kier molecular flexibility index (Phi) is 3.57. The van der Waals surface area contributed by atoms with Gasteiger partial charge < -0.3 is 16.2 Å². The molecule has 0 bridgehead atoms. The van der Waals surface area contributed by atoms with Gasteiger partial charge in [0.1, 0.15) is 5.82 Å². The summed E-state index contributed by atoms with van der Waals surface area (Å²) in [5.41, 5.74) is 5.88. The van der Waals surface area contributed by atoms with Gasteiger partial charge in [-0.3, -0.25) is 0 Å². The average molecular weight is 274 g/mol. The molecule has 1 unspecified atom stereocenters. The molecule has 0 saturated carbocycles. The molecule has 0 saturated heterocycles. The van der Waals surface area contributed by atoms with Crippen molar-refractivity contribution in [1.29, 1.82) is 0 Å². The minimum absolute atomic E-state index is 0.463. The third-order valence-corrected chi connectivity index (χ3v) is 2.80. The van der Waals surface area contributed by atoms with Crippen LogP contribution in [0.2, 0.25) is 0 Å². The summed E-state index contributed by atoms with van der Waals surface area (Å²) in [4.78, 5) is 4.15. The topological polar surface area (TPSA) is 71.2 Å². The van der Waals surface area contributed by atoms with Gasteiger partial charge in [0.05, 0.1) is 17.3 Å². The number of nitrogen functional groups attached to an aromatic ring is 1. The van der Waals surface area contributed by atoms with Crippen LogP contribution >= 0.6 is 15.9 Å². The van der Waals surface area contributed by atoms with Gasteiger partial charge in [-0.25, -0.2) is 4.98 Å². The smallest absolute Gasteiger partial charge is 0.149 e. The van der Waals surface area contributed by atoms with Crippen LogP contribution in [0, 0.1) is 0 Å². The zero-order valence-electron chi connectivity index (χ0n) is 9.08. The van der Waals surface area contributed by atoms with Crippen LogP contribution in [0.15, 0.2) is 16.7 Å². The number of aliphatic hydroxyl groups is 1. The molecule has 1 aromatic rings. The van der Waals surface area contributed by atoms with Crippen molar-refractivity contribution in [1.82, 2.24) is 4.98 Å². The lowest BCUT2D eigenvalue weighted by molar-refractivity contribution is 0.133. The summed E-state index contributed by atoms with van der Waals surface area (Å²) in [6.45, 7) is 5.50. The van der Waals surface area contributed by atoms with E-state index >= 15 is 0 Å². The zero-order valence-corrected chi connectivity index (χ0v) is 10.7. The number of hydrogen-bond acceptors (Lipinski definition) is 4. The highest BCUT2D eigenvalue weighted by molar-refractivity contribution is 9.10. The van der Waals surface area contributed by atoms with E-state index in [0.29, 0.717) is 11.5 Å². The third kappa shape index (κ3) is 3.07. The molecule has 84 valence electrons. The predicted molar refractivity (Wildman–Crippen MR) is 65.7 cm³/mol. The second-order valence-electron chi connectivity index (χ2n) is 4.11. The number of halogens is 1. The molecule has 0 fully saturated rings. The fourth-order valence-electron chi connectivity index (χ4n) is 0.969. The molecule has 0 aliphatic rings. The van der Waals surface area contributed by atoms with Crippen LogP contribution in [0.3, 0.4) is 0 Å². The monoisotopic (exact) mass is 273 g/mol. The molecule has 1 atom stereocenters. The maximum absolute atomic E-state index is 9.55. The summed E-state index contributed by atoms with van der Waals surface area (Å²) in [6.07, 6.45) is 1.17. The van der Waals surface area contributed by atoms with Gasteiger partial charge in [0.2, 0.25) is 0 Å². The molecule has 4 N–H and O–H groups in total. The first-order valence-corrected chi connectivity index (χ1v) is 5.49. The molecule has 4 nitrogen and oxygen atoms in total. The maximum atomic E-state index is 9.55. The number of rotatable bonds is 3. The highest BCUT2D eigenvalue weighted by atomic mass is 79.9. The molecule has 0 radical (unpaired) electrons. The summed E-state index contributed by atoms with van der Waals surface area (Å²) < 4.78 is 0.834. The van der Waals surface area contributed by atoms with Crippen LogP contribution in [0.1, 0.15) is 20.8 Å². The predicted octanol–water partition coefficient (Wildman–Crippen LogP) is 2.00. The minimum Gasteiger partial charge on any atom is -0.396 e. The average Bonchev–Trinajstić information content (AvgIpc) is 2.09. The molecular weight excluding hydrogens is 258 g/mol. The number of nitrogens with zero attached hydrogens (tertiary/aromatic N) is 1. The summed E-state index contributed by atoms with van der Waals surface area (Å²) in [7, 11) is 0. The van der Waals surface area contributed by atoms with Gasteiger partial charge >= 0.3 is 0 Å². The molecule has 0 spiro atoms. The van der Waals surface area contributed by atoms with Crippen LogP contribution < -0.4 is 11.1 Å². The van der Waals surface area contributed by atoms with Crippen molar-refractivity contribution in [3.63, 3.8) is 0 Å². The normalized spacial score (nSPS) is 13.7. The molecule has 0 amide bonds. The Morgan fingerprint density at radius 3 is 2.67 bits per heavy atom. The Labute approximate surface area is 98.0 Å². The van der Waals surface area contributed by atoms with E-state index in [-0.39, 0.29) is 0 Å². The molecule has 0 aliphatic carbocycles. The van der Waals surface area contributed by atoms with E-state index in [1.54, 1.807) is 19.2 Å². The Morgan fingerprint density at radius 1 is 1.60 bits per heavy atom. The van der Waals surface area contributed by atoms with E-state index in [9.17, 15) is 5.11 Å². The van der Waals surface area contributed by atoms with E-state index in [2.05, 4.69) is 26.2 Å². The molecule has 1 aromatic heterocycles. The SMILES string of the molecule is CC(O)C(C)(C)Nc1ncc(Br)cc1N. The van der Waals surface area contributed by atoms with Crippen LogP contribution in [-0.2, 0) is 0 Å². The zero-order chi connectivity index (χ0) is 11.6. The van der Waals surface area contributed by atoms with E-state index < -0.39 is 11.6 Å². The molecule has 5 heteroatoms. The number of hydrogen-bond donors (Lipinski definition) is 3. The largest absolute Gasteiger partial charge is 0.396 e. The first-order valence-electron chi connectivity index (χ1n) is 4.70. The molecule has 0 aliphatic heterocycles. The van der Waals surface area contributed by atoms with E-state index in [1.807, 2.05) is 13.8 Å². The Morgan fingerprint density at radius 2 is 2.20 bits per heavy atom. The third-order valence-electron chi connectivity index (χ3n) is 2.37. The number of pyridine rings is 1. The van der Waals surface area contributed by atoms with Crippen molar-refractivity contribution in [2.45, 2.75) is 32.4 Å². The quantitative estimate of drug-likeness (QED) is 0.788. The van der Waals surface area contributed by atoms with E-state index in [1.165, 1.54) is 0 Å². The van der Waals surface area contributed by atoms with Gasteiger partial charge in [-0.2, -0.15) is 0 Å². The van der Waals surface area contributed by atoms with Crippen molar-refractivity contribution in [3.05, 3.63) is 16.7 Å². The van der Waals surface area contributed by atoms with Gasteiger partial charge in [0.15, 0.2) is 0 Å². The van der Waals surface area contributed by atoms with Gasteiger partial charge in [-0.1, -0.05) is 0 Å². The number of nitrogens with two attached hydrogens (primary N) is 1.